The molecule has 0 saturated carbocycles. The average molecular weight is 317 g/mol. The van der Waals surface area contributed by atoms with Crippen molar-refractivity contribution < 1.29 is 8.42 Å². The zero-order valence-electron chi connectivity index (χ0n) is 11.8. The summed E-state index contributed by atoms with van der Waals surface area (Å²) in [5.41, 5.74) is 5.70. The van der Waals surface area contributed by atoms with E-state index in [4.69, 9.17) is 5.73 Å². The van der Waals surface area contributed by atoms with E-state index in [9.17, 15) is 8.42 Å². The Bertz CT molecular complexity index is 502. The molecule has 1 aliphatic rings. The second kappa shape index (κ2) is 7.00. The summed E-state index contributed by atoms with van der Waals surface area (Å²) in [5, 5.41) is 2.01. The SMILES string of the molecule is CC(Cc1cccs1)NS(=O)(=O)N1CCCCC1CN. The number of nitrogens with one attached hydrogen (secondary N) is 1. The predicted molar refractivity (Wildman–Crippen MR) is 82.9 cm³/mol. The van der Waals surface area contributed by atoms with Gasteiger partial charge in [0.25, 0.3) is 10.2 Å². The van der Waals surface area contributed by atoms with Crippen molar-refractivity contribution in [3.05, 3.63) is 22.4 Å². The Balaban J connectivity index is 1.98. The summed E-state index contributed by atoms with van der Waals surface area (Å²) in [6.45, 7) is 2.86. The fourth-order valence-corrected chi connectivity index (χ4v) is 5.14. The lowest BCUT2D eigenvalue weighted by Gasteiger charge is -2.34. The molecule has 0 spiro atoms. The van der Waals surface area contributed by atoms with Crippen LogP contribution in [0, 0.1) is 0 Å². The van der Waals surface area contributed by atoms with Crippen molar-refractivity contribution >= 4 is 21.5 Å². The molecule has 1 aliphatic heterocycles. The summed E-state index contributed by atoms with van der Waals surface area (Å²) in [6.07, 6.45) is 3.55. The number of nitrogens with two attached hydrogens (primary N) is 1. The smallest absolute Gasteiger partial charge is 0.279 e. The molecule has 3 N–H and O–H groups in total. The Morgan fingerprint density at radius 3 is 3.00 bits per heavy atom. The van der Waals surface area contributed by atoms with E-state index in [0.29, 0.717) is 13.1 Å². The molecule has 2 unspecified atom stereocenters. The maximum absolute atomic E-state index is 12.5. The van der Waals surface area contributed by atoms with Gasteiger partial charge in [0.05, 0.1) is 0 Å². The third-order valence-electron chi connectivity index (χ3n) is 3.59. The minimum Gasteiger partial charge on any atom is -0.329 e. The highest BCUT2D eigenvalue weighted by Gasteiger charge is 2.32. The minimum atomic E-state index is -3.44. The molecule has 2 heterocycles. The maximum Gasteiger partial charge on any atom is 0.279 e. The second-order valence-electron chi connectivity index (χ2n) is 5.30. The van der Waals surface area contributed by atoms with Gasteiger partial charge in [0.2, 0.25) is 0 Å². The molecule has 114 valence electrons. The van der Waals surface area contributed by atoms with E-state index in [-0.39, 0.29) is 12.1 Å². The van der Waals surface area contributed by atoms with E-state index in [1.165, 1.54) is 4.88 Å². The standard InChI is InChI=1S/C13H23N3O2S2/c1-11(9-13-6-4-8-19-13)15-20(17,18)16-7-3-2-5-12(16)10-14/h4,6,8,11-12,15H,2-3,5,7,9-10,14H2,1H3. The van der Waals surface area contributed by atoms with Crippen LogP contribution in [0.3, 0.4) is 0 Å². The van der Waals surface area contributed by atoms with Crippen LogP contribution in [0.15, 0.2) is 17.5 Å². The molecule has 1 saturated heterocycles. The molecule has 5 nitrogen and oxygen atoms in total. The molecule has 7 heteroatoms. The zero-order valence-corrected chi connectivity index (χ0v) is 13.4. The van der Waals surface area contributed by atoms with Gasteiger partial charge in [0, 0.05) is 30.1 Å². The fraction of sp³-hybridized carbons (Fsp3) is 0.692. The lowest BCUT2D eigenvalue weighted by atomic mass is 10.1. The first-order valence-electron chi connectivity index (χ1n) is 7.04. The third-order valence-corrected chi connectivity index (χ3v) is 6.29. The average Bonchev–Trinajstić information content (AvgIpc) is 2.90. The van der Waals surface area contributed by atoms with Gasteiger partial charge in [-0.2, -0.15) is 17.4 Å². The van der Waals surface area contributed by atoms with Crippen molar-refractivity contribution in [3.63, 3.8) is 0 Å². The van der Waals surface area contributed by atoms with Crippen molar-refractivity contribution in [3.8, 4) is 0 Å². The van der Waals surface area contributed by atoms with E-state index in [2.05, 4.69) is 4.72 Å². The quantitative estimate of drug-likeness (QED) is 0.831. The highest BCUT2D eigenvalue weighted by Crippen LogP contribution is 2.19. The minimum absolute atomic E-state index is 0.0600. The van der Waals surface area contributed by atoms with Crippen LogP contribution >= 0.6 is 11.3 Å². The van der Waals surface area contributed by atoms with Gasteiger partial charge in [0.15, 0.2) is 0 Å². The Morgan fingerprint density at radius 2 is 2.35 bits per heavy atom. The number of hydrogen-bond acceptors (Lipinski definition) is 4. The van der Waals surface area contributed by atoms with Crippen molar-refractivity contribution in [1.82, 2.24) is 9.03 Å². The van der Waals surface area contributed by atoms with Crippen molar-refractivity contribution in [2.24, 2.45) is 5.73 Å². The lowest BCUT2D eigenvalue weighted by molar-refractivity contribution is 0.253. The largest absolute Gasteiger partial charge is 0.329 e. The molecule has 1 aromatic heterocycles. The van der Waals surface area contributed by atoms with Crippen LogP contribution in [0.25, 0.3) is 0 Å². The lowest BCUT2D eigenvalue weighted by Crippen LogP contribution is -2.53. The maximum atomic E-state index is 12.5. The first-order valence-corrected chi connectivity index (χ1v) is 9.36. The number of piperidine rings is 1. The zero-order chi connectivity index (χ0) is 14.6. The van der Waals surface area contributed by atoms with Gasteiger partial charge in [-0.1, -0.05) is 12.5 Å². The van der Waals surface area contributed by atoms with Gasteiger partial charge in [-0.15, -0.1) is 11.3 Å². The highest BCUT2D eigenvalue weighted by molar-refractivity contribution is 7.87. The third kappa shape index (κ3) is 4.02. The van der Waals surface area contributed by atoms with Crippen molar-refractivity contribution in [2.45, 2.75) is 44.7 Å². The summed E-state index contributed by atoms with van der Waals surface area (Å²) in [7, 11) is -3.44. The van der Waals surface area contributed by atoms with E-state index >= 15 is 0 Å². The summed E-state index contributed by atoms with van der Waals surface area (Å²) in [4.78, 5) is 1.19. The topological polar surface area (TPSA) is 75.4 Å². The van der Waals surface area contributed by atoms with Crippen LogP contribution in [0.1, 0.15) is 31.1 Å². The second-order valence-corrected chi connectivity index (χ2v) is 7.99. The monoisotopic (exact) mass is 317 g/mol. The molecule has 2 rings (SSSR count). The number of hydrogen-bond donors (Lipinski definition) is 2. The molecule has 20 heavy (non-hydrogen) atoms. The number of nitrogens with zero attached hydrogens (tertiary/aromatic N) is 1. The molecular formula is C13H23N3O2S2. The Morgan fingerprint density at radius 1 is 1.55 bits per heavy atom. The highest BCUT2D eigenvalue weighted by atomic mass is 32.2. The van der Waals surface area contributed by atoms with Gasteiger partial charge in [-0.05, 0) is 37.6 Å². The van der Waals surface area contributed by atoms with E-state index in [1.807, 2.05) is 24.4 Å². The molecule has 0 radical (unpaired) electrons. The van der Waals surface area contributed by atoms with Gasteiger partial charge >= 0.3 is 0 Å². The summed E-state index contributed by atoms with van der Waals surface area (Å²) in [5.74, 6) is 0. The van der Waals surface area contributed by atoms with Crippen LogP contribution in [-0.4, -0.2) is 37.9 Å². The van der Waals surface area contributed by atoms with Crippen LogP contribution < -0.4 is 10.5 Å². The van der Waals surface area contributed by atoms with Gasteiger partial charge in [-0.25, -0.2) is 0 Å². The van der Waals surface area contributed by atoms with E-state index in [1.54, 1.807) is 15.6 Å². The molecule has 0 amide bonds. The Kier molecular flexibility index (Phi) is 5.57. The molecule has 0 bridgehead atoms. The first kappa shape index (κ1) is 15.9. The van der Waals surface area contributed by atoms with Gasteiger partial charge < -0.3 is 5.73 Å². The van der Waals surface area contributed by atoms with Crippen LogP contribution in [0.4, 0.5) is 0 Å². The summed E-state index contributed by atoms with van der Waals surface area (Å²) < 4.78 is 29.2. The predicted octanol–water partition coefficient (Wildman–Crippen LogP) is 1.33. The molecule has 1 fully saturated rings. The molecule has 0 aromatic carbocycles. The summed E-state index contributed by atoms with van der Waals surface area (Å²) >= 11 is 1.65. The van der Waals surface area contributed by atoms with Crippen LogP contribution in [0.2, 0.25) is 0 Å². The van der Waals surface area contributed by atoms with E-state index < -0.39 is 10.2 Å². The molecule has 0 aliphatic carbocycles. The first-order chi connectivity index (χ1) is 9.53. The Labute approximate surface area is 125 Å². The van der Waals surface area contributed by atoms with E-state index in [0.717, 1.165) is 25.7 Å². The summed E-state index contributed by atoms with van der Waals surface area (Å²) in [6, 6.07) is 3.84. The normalized spacial score (nSPS) is 22.8. The van der Waals surface area contributed by atoms with Crippen molar-refractivity contribution in [2.75, 3.05) is 13.1 Å². The van der Waals surface area contributed by atoms with Gasteiger partial charge in [-0.3, -0.25) is 0 Å². The molecular weight excluding hydrogens is 294 g/mol. The molecule has 1 aromatic rings. The molecule has 2 atom stereocenters. The fourth-order valence-electron chi connectivity index (χ4n) is 2.62. The van der Waals surface area contributed by atoms with Gasteiger partial charge in [0.1, 0.15) is 0 Å². The number of rotatable bonds is 6. The number of thiophene rings is 1. The van der Waals surface area contributed by atoms with Crippen LogP contribution in [-0.2, 0) is 16.6 Å². The Hall–Kier alpha value is -0.470. The van der Waals surface area contributed by atoms with Crippen molar-refractivity contribution in [1.29, 1.82) is 0 Å². The van der Waals surface area contributed by atoms with Crippen LogP contribution in [0.5, 0.6) is 0 Å².